The molecule has 0 spiro atoms. The van der Waals surface area contributed by atoms with Gasteiger partial charge in [0.05, 0.1) is 18.2 Å². The normalized spacial score (nSPS) is 11.1. The van der Waals surface area contributed by atoms with Gasteiger partial charge in [-0.05, 0) is 29.2 Å². The van der Waals surface area contributed by atoms with Gasteiger partial charge in [-0.15, -0.1) is 10.2 Å². The summed E-state index contributed by atoms with van der Waals surface area (Å²) in [5.41, 5.74) is 2.47. The fourth-order valence-electron chi connectivity index (χ4n) is 2.68. The van der Waals surface area contributed by atoms with Gasteiger partial charge in [-0.2, -0.15) is 18.4 Å². The van der Waals surface area contributed by atoms with E-state index in [2.05, 4.69) is 16.3 Å². The summed E-state index contributed by atoms with van der Waals surface area (Å²) in [6.07, 6.45) is -4.51. The van der Waals surface area contributed by atoms with Gasteiger partial charge >= 0.3 is 12.1 Å². The molecule has 0 radical (unpaired) electrons. The van der Waals surface area contributed by atoms with Crippen molar-refractivity contribution in [1.29, 1.82) is 5.26 Å². The van der Waals surface area contributed by atoms with E-state index in [4.69, 9.17) is 0 Å². The summed E-state index contributed by atoms with van der Waals surface area (Å²) in [7, 11) is 0. The van der Waals surface area contributed by atoms with Gasteiger partial charge in [-0.3, -0.25) is 9.69 Å². The Morgan fingerprint density at radius 2 is 1.83 bits per heavy atom. The molecule has 0 unspecified atom stereocenters. The molecule has 3 aromatic rings. The van der Waals surface area contributed by atoms with E-state index in [0.29, 0.717) is 27.5 Å². The molecule has 29 heavy (non-hydrogen) atoms. The van der Waals surface area contributed by atoms with Crippen LogP contribution in [0.15, 0.2) is 48.5 Å². The number of rotatable bonds is 5. The summed E-state index contributed by atoms with van der Waals surface area (Å²) in [4.78, 5) is 12.5. The number of benzene rings is 2. The smallest absolute Gasteiger partial charge is 0.274 e. The summed E-state index contributed by atoms with van der Waals surface area (Å²) in [5.74, 6) is -1.99. The quantitative estimate of drug-likeness (QED) is 0.603. The van der Waals surface area contributed by atoms with Crippen LogP contribution >= 0.6 is 11.3 Å². The summed E-state index contributed by atoms with van der Waals surface area (Å²) in [5, 5.41) is 17.2. The monoisotopic (exact) mass is 416 g/mol. The van der Waals surface area contributed by atoms with Crippen molar-refractivity contribution in [2.24, 2.45) is 0 Å². The van der Waals surface area contributed by atoms with E-state index in [-0.39, 0.29) is 11.7 Å². The number of aryl methyl sites for hydroxylation is 1. The molecule has 1 heterocycles. The third kappa shape index (κ3) is 4.60. The number of hydrogen-bond donors (Lipinski definition) is 0. The van der Waals surface area contributed by atoms with E-state index < -0.39 is 12.1 Å². The molecule has 1 amide bonds. The Kier molecular flexibility index (Phi) is 5.94. The van der Waals surface area contributed by atoms with E-state index in [1.165, 1.54) is 0 Å². The zero-order chi connectivity index (χ0) is 21.0. The van der Waals surface area contributed by atoms with Crippen molar-refractivity contribution >= 4 is 22.4 Å². The fourth-order valence-corrected chi connectivity index (χ4v) is 3.46. The predicted octanol–water partition coefficient (Wildman–Crippen LogP) is 4.73. The molecule has 5 nitrogen and oxygen atoms in total. The lowest BCUT2D eigenvalue weighted by Gasteiger charge is -2.20. The highest BCUT2D eigenvalue weighted by molar-refractivity contribution is 7.15. The molecule has 148 valence electrons. The molecule has 0 aliphatic carbocycles. The van der Waals surface area contributed by atoms with Crippen LogP contribution in [0, 0.1) is 11.3 Å². The molecular weight excluding hydrogens is 401 g/mol. The van der Waals surface area contributed by atoms with Crippen molar-refractivity contribution in [3.8, 4) is 17.2 Å². The second kappa shape index (κ2) is 8.41. The number of anilines is 1. The number of alkyl halides is 3. The molecule has 0 saturated heterocycles. The van der Waals surface area contributed by atoms with Gasteiger partial charge in [0.2, 0.25) is 5.13 Å². The average Bonchev–Trinajstić information content (AvgIpc) is 3.20. The standard InChI is InChI=1S/C20H15F3N4OS/c1-2-17-25-26-19(29-17)27(18(28)20(21,22)23)12-13-7-9-14(10-8-13)16-6-4-3-5-15(16)11-24/h3-10H,2,12H2,1H3. The van der Waals surface area contributed by atoms with Crippen LogP contribution in [-0.2, 0) is 17.8 Å². The molecule has 0 N–H and O–H groups in total. The second-order valence-electron chi connectivity index (χ2n) is 6.08. The van der Waals surface area contributed by atoms with E-state index in [1.807, 2.05) is 0 Å². The maximum atomic E-state index is 13.1. The highest BCUT2D eigenvalue weighted by Crippen LogP contribution is 2.29. The van der Waals surface area contributed by atoms with Gasteiger partial charge < -0.3 is 0 Å². The molecular formula is C20H15F3N4OS. The van der Waals surface area contributed by atoms with Gasteiger partial charge in [-0.25, -0.2) is 0 Å². The molecule has 0 aliphatic heterocycles. The Labute approximate surface area is 169 Å². The van der Waals surface area contributed by atoms with Gasteiger partial charge in [0, 0.05) is 0 Å². The minimum atomic E-state index is -5.02. The minimum Gasteiger partial charge on any atom is -0.274 e. The Morgan fingerprint density at radius 3 is 2.41 bits per heavy atom. The third-order valence-electron chi connectivity index (χ3n) is 4.13. The number of amides is 1. The maximum Gasteiger partial charge on any atom is 0.471 e. The highest BCUT2D eigenvalue weighted by atomic mass is 32.1. The number of hydrogen-bond acceptors (Lipinski definition) is 5. The average molecular weight is 416 g/mol. The lowest BCUT2D eigenvalue weighted by atomic mass is 9.99. The summed E-state index contributed by atoms with van der Waals surface area (Å²) < 4.78 is 39.2. The van der Waals surface area contributed by atoms with Crippen molar-refractivity contribution in [2.45, 2.75) is 26.1 Å². The number of nitriles is 1. The maximum absolute atomic E-state index is 13.1. The van der Waals surface area contributed by atoms with Crippen molar-refractivity contribution in [3.63, 3.8) is 0 Å². The minimum absolute atomic E-state index is 0.0944. The first-order valence-electron chi connectivity index (χ1n) is 8.63. The Morgan fingerprint density at radius 1 is 1.14 bits per heavy atom. The largest absolute Gasteiger partial charge is 0.471 e. The lowest BCUT2D eigenvalue weighted by molar-refractivity contribution is -0.170. The van der Waals surface area contributed by atoms with Gasteiger partial charge in [0.1, 0.15) is 5.01 Å². The zero-order valence-electron chi connectivity index (χ0n) is 15.3. The number of aromatic nitrogens is 2. The fraction of sp³-hybridized carbons (Fsp3) is 0.200. The Bertz CT molecular complexity index is 1050. The SMILES string of the molecule is CCc1nnc(N(Cc2ccc(-c3ccccc3C#N)cc2)C(=O)C(F)(F)F)s1. The molecule has 0 atom stereocenters. The van der Waals surface area contributed by atoms with Gasteiger partial charge in [-0.1, -0.05) is 60.7 Å². The molecule has 0 bridgehead atoms. The van der Waals surface area contributed by atoms with Crippen LogP contribution in [0.1, 0.15) is 23.1 Å². The Hall–Kier alpha value is -3.25. The van der Waals surface area contributed by atoms with Crippen molar-refractivity contribution in [1.82, 2.24) is 10.2 Å². The molecule has 1 aromatic heterocycles. The van der Waals surface area contributed by atoms with E-state index in [9.17, 15) is 23.2 Å². The first kappa shape index (κ1) is 20.5. The van der Waals surface area contributed by atoms with Crippen LogP contribution in [0.5, 0.6) is 0 Å². The molecule has 0 saturated carbocycles. The summed E-state index contributed by atoms with van der Waals surface area (Å²) in [6.45, 7) is 1.51. The number of carbonyl (C=O) groups is 1. The molecule has 9 heteroatoms. The van der Waals surface area contributed by atoms with E-state index in [1.54, 1.807) is 55.5 Å². The lowest BCUT2D eigenvalue weighted by Crippen LogP contribution is -2.40. The first-order chi connectivity index (χ1) is 13.8. The van der Waals surface area contributed by atoms with Crippen LogP contribution < -0.4 is 4.90 Å². The molecule has 0 aliphatic rings. The van der Waals surface area contributed by atoms with Gasteiger partial charge in [0.15, 0.2) is 0 Å². The summed E-state index contributed by atoms with van der Waals surface area (Å²) >= 11 is 0.956. The number of carbonyl (C=O) groups excluding carboxylic acids is 1. The van der Waals surface area contributed by atoms with E-state index in [0.717, 1.165) is 22.5 Å². The molecule has 2 aromatic carbocycles. The van der Waals surface area contributed by atoms with Gasteiger partial charge in [0.25, 0.3) is 0 Å². The van der Waals surface area contributed by atoms with Crippen molar-refractivity contribution in [2.75, 3.05) is 4.90 Å². The van der Waals surface area contributed by atoms with Crippen LogP contribution in [0.25, 0.3) is 11.1 Å². The highest BCUT2D eigenvalue weighted by Gasteiger charge is 2.44. The predicted molar refractivity (Wildman–Crippen MR) is 103 cm³/mol. The molecule has 3 rings (SSSR count). The number of halogens is 3. The molecule has 0 fully saturated rings. The van der Waals surface area contributed by atoms with Crippen molar-refractivity contribution in [3.05, 3.63) is 64.7 Å². The summed E-state index contributed by atoms with van der Waals surface area (Å²) in [6, 6.07) is 15.8. The third-order valence-corrected chi connectivity index (χ3v) is 5.22. The number of nitrogens with zero attached hydrogens (tertiary/aromatic N) is 4. The first-order valence-corrected chi connectivity index (χ1v) is 9.44. The topological polar surface area (TPSA) is 69.9 Å². The van der Waals surface area contributed by atoms with Crippen LogP contribution in [-0.4, -0.2) is 22.3 Å². The Balaban J connectivity index is 1.90. The van der Waals surface area contributed by atoms with Crippen LogP contribution in [0.3, 0.4) is 0 Å². The second-order valence-corrected chi connectivity index (χ2v) is 7.12. The van der Waals surface area contributed by atoms with Crippen LogP contribution in [0.4, 0.5) is 18.3 Å². The van der Waals surface area contributed by atoms with Crippen molar-refractivity contribution < 1.29 is 18.0 Å². The van der Waals surface area contributed by atoms with Crippen LogP contribution in [0.2, 0.25) is 0 Å². The van der Waals surface area contributed by atoms with E-state index >= 15 is 0 Å². The zero-order valence-corrected chi connectivity index (χ0v) is 16.1.